The second-order valence-corrected chi connectivity index (χ2v) is 6.85. The van der Waals surface area contributed by atoms with Gasteiger partial charge < -0.3 is 14.5 Å². The smallest absolute Gasteiger partial charge is 0.226 e. The lowest BCUT2D eigenvalue weighted by atomic mass is 10.1. The van der Waals surface area contributed by atoms with Crippen molar-refractivity contribution in [1.82, 2.24) is 14.9 Å². The molecule has 1 saturated heterocycles. The summed E-state index contributed by atoms with van der Waals surface area (Å²) in [5.41, 5.74) is 0. The highest BCUT2D eigenvalue weighted by molar-refractivity contribution is 5.81. The third-order valence-corrected chi connectivity index (χ3v) is 4.84. The van der Waals surface area contributed by atoms with Crippen molar-refractivity contribution in [3.05, 3.63) is 42.5 Å². The highest BCUT2D eigenvalue weighted by Crippen LogP contribution is 2.32. The van der Waals surface area contributed by atoms with Crippen LogP contribution in [-0.4, -0.2) is 46.5 Å². The van der Waals surface area contributed by atoms with Gasteiger partial charge in [0.25, 0.3) is 0 Å². The summed E-state index contributed by atoms with van der Waals surface area (Å²) in [4.78, 5) is 24.8. The van der Waals surface area contributed by atoms with Gasteiger partial charge >= 0.3 is 0 Å². The second kappa shape index (κ2) is 6.90. The zero-order valence-corrected chi connectivity index (χ0v) is 14.6. The number of piperazine rings is 1. The zero-order valence-electron chi connectivity index (χ0n) is 14.6. The molecule has 2 aliphatic rings. The Morgan fingerprint density at radius 1 is 1.23 bits per heavy atom. The quantitative estimate of drug-likeness (QED) is 0.843. The van der Waals surface area contributed by atoms with Gasteiger partial charge in [0, 0.05) is 37.7 Å². The Morgan fingerprint density at radius 3 is 2.77 bits per heavy atom. The number of ether oxygens (including phenoxy) is 1. The molecule has 26 heavy (non-hydrogen) atoms. The van der Waals surface area contributed by atoms with Crippen molar-refractivity contribution in [2.75, 3.05) is 24.5 Å². The lowest BCUT2D eigenvalue weighted by molar-refractivity contribution is -0.134. The van der Waals surface area contributed by atoms with Crippen LogP contribution in [0.5, 0.6) is 11.6 Å². The van der Waals surface area contributed by atoms with Gasteiger partial charge in [-0.25, -0.2) is 14.4 Å². The summed E-state index contributed by atoms with van der Waals surface area (Å²) < 4.78 is 19.3. The fraction of sp³-hybridized carbons (Fsp3) is 0.421. The van der Waals surface area contributed by atoms with Crippen LogP contribution in [0.1, 0.15) is 19.8 Å². The molecule has 1 amide bonds. The topological polar surface area (TPSA) is 58.6 Å². The van der Waals surface area contributed by atoms with Crippen molar-refractivity contribution < 1.29 is 13.9 Å². The first-order valence-corrected chi connectivity index (χ1v) is 8.91. The molecule has 2 fully saturated rings. The number of halogens is 1. The number of carbonyl (C=O) groups excluding carboxylic acids is 1. The monoisotopic (exact) mass is 356 g/mol. The van der Waals surface area contributed by atoms with E-state index in [0.29, 0.717) is 25.5 Å². The van der Waals surface area contributed by atoms with Crippen molar-refractivity contribution in [3.8, 4) is 11.6 Å². The van der Waals surface area contributed by atoms with E-state index in [1.807, 2.05) is 4.90 Å². The molecule has 0 N–H and O–H groups in total. The number of amides is 1. The number of benzene rings is 1. The zero-order chi connectivity index (χ0) is 18.1. The molecule has 0 radical (unpaired) electrons. The fourth-order valence-corrected chi connectivity index (χ4v) is 3.26. The van der Waals surface area contributed by atoms with Crippen molar-refractivity contribution in [2.45, 2.75) is 25.8 Å². The molecule has 1 aromatic heterocycles. The van der Waals surface area contributed by atoms with Crippen molar-refractivity contribution >= 4 is 11.7 Å². The third-order valence-electron chi connectivity index (χ3n) is 4.84. The number of hydrogen-bond acceptors (Lipinski definition) is 5. The maximum Gasteiger partial charge on any atom is 0.226 e. The predicted molar refractivity (Wildman–Crippen MR) is 94.6 cm³/mol. The molecule has 1 atom stereocenters. The van der Waals surface area contributed by atoms with E-state index >= 15 is 0 Å². The summed E-state index contributed by atoms with van der Waals surface area (Å²) in [5.74, 6) is 1.23. The Balaban J connectivity index is 1.45. The van der Waals surface area contributed by atoms with Gasteiger partial charge in [0.05, 0.1) is 0 Å². The van der Waals surface area contributed by atoms with Crippen LogP contribution in [-0.2, 0) is 4.79 Å². The Labute approximate surface area is 151 Å². The van der Waals surface area contributed by atoms with E-state index in [9.17, 15) is 9.18 Å². The maximum atomic E-state index is 13.8. The van der Waals surface area contributed by atoms with Crippen molar-refractivity contribution in [1.29, 1.82) is 0 Å². The van der Waals surface area contributed by atoms with Gasteiger partial charge in [-0.1, -0.05) is 12.1 Å². The first kappa shape index (κ1) is 16.8. The van der Waals surface area contributed by atoms with Gasteiger partial charge in [-0.15, -0.1) is 0 Å². The second-order valence-electron chi connectivity index (χ2n) is 6.85. The summed E-state index contributed by atoms with van der Waals surface area (Å²) in [6.07, 6.45) is 3.46. The van der Waals surface area contributed by atoms with E-state index in [4.69, 9.17) is 4.74 Å². The molecule has 1 unspecified atom stereocenters. The number of aromatic nitrogens is 2. The highest BCUT2D eigenvalue weighted by atomic mass is 19.1. The van der Waals surface area contributed by atoms with E-state index in [1.54, 1.807) is 24.3 Å². The lowest BCUT2D eigenvalue weighted by Gasteiger charge is -2.40. The number of carbonyl (C=O) groups is 1. The molecule has 1 aliphatic heterocycles. The largest absolute Gasteiger partial charge is 0.436 e. The standard InChI is InChI=1S/C19H21FN4O2/c1-13-11-23(8-9-24(13)19(25)14-6-7-14)17-10-18(22-12-21-17)26-16-5-3-2-4-15(16)20/h2-5,10,12-14H,6-9,11H2,1H3. The molecule has 1 aliphatic carbocycles. The minimum absolute atomic E-state index is 0.128. The first-order chi connectivity index (χ1) is 12.6. The molecule has 0 bridgehead atoms. The predicted octanol–water partition coefficient (Wildman–Crippen LogP) is 2.86. The average Bonchev–Trinajstić information content (AvgIpc) is 3.48. The van der Waals surface area contributed by atoms with Gasteiger partial charge in [0.2, 0.25) is 11.8 Å². The molecule has 4 rings (SSSR count). The Kier molecular flexibility index (Phi) is 4.44. The summed E-state index contributed by atoms with van der Waals surface area (Å²) in [6.45, 7) is 4.15. The molecular formula is C19H21FN4O2. The molecule has 0 spiro atoms. The summed E-state index contributed by atoms with van der Waals surface area (Å²) in [7, 11) is 0. The van der Waals surface area contributed by atoms with Gasteiger partial charge in [-0.3, -0.25) is 4.79 Å². The first-order valence-electron chi connectivity index (χ1n) is 8.91. The van der Waals surface area contributed by atoms with E-state index in [0.717, 1.165) is 18.7 Å². The molecule has 1 aromatic carbocycles. The molecule has 2 heterocycles. The van der Waals surface area contributed by atoms with Gasteiger partial charge in [0.15, 0.2) is 11.6 Å². The average molecular weight is 356 g/mol. The van der Waals surface area contributed by atoms with Crippen LogP contribution >= 0.6 is 0 Å². The molecule has 2 aromatic rings. The third kappa shape index (κ3) is 3.47. The molecule has 1 saturated carbocycles. The summed E-state index contributed by atoms with van der Waals surface area (Å²) in [6, 6.07) is 8.05. The fourth-order valence-electron chi connectivity index (χ4n) is 3.26. The normalized spacial score (nSPS) is 20.2. The Morgan fingerprint density at radius 2 is 2.04 bits per heavy atom. The molecule has 6 nitrogen and oxygen atoms in total. The van der Waals surface area contributed by atoms with E-state index in [2.05, 4.69) is 21.8 Å². The van der Waals surface area contributed by atoms with Crippen LogP contribution in [0.3, 0.4) is 0 Å². The number of anilines is 1. The highest BCUT2D eigenvalue weighted by Gasteiger charge is 2.37. The molecular weight excluding hydrogens is 335 g/mol. The van der Waals surface area contributed by atoms with Gasteiger partial charge in [-0.05, 0) is 31.9 Å². The van der Waals surface area contributed by atoms with Crippen LogP contribution < -0.4 is 9.64 Å². The minimum atomic E-state index is -0.437. The number of para-hydroxylation sites is 1. The Bertz CT molecular complexity index is 812. The van der Waals surface area contributed by atoms with Crippen LogP contribution in [0.2, 0.25) is 0 Å². The van der Waals surface area contributed by atoms with Gasteiger partial charge in [0.1, 0.15) is 12.1 Å². The maximum absolute atomic E-state index is 13.8. The van der Waals surface area contributed by atoms with E-state index < -0.39 is 5.82 Å². The lowest BCUT2D eigenvalue weighted by Crippen LogP contribution is -2.54. The number of hydrogen-bond donors (Lipinski definition) is 0. The van der Waals surface area contributed by atoms with Crippen LogP contribution in [0.25, 0.3) is 0 Å². The van der Waals surface area contributed by atoms with Crippen LogP contribution in [0.4, 0.5) is 10.2 Å². The summed E-state index contributed by atoms with van der Waals surface area (Å²) >= 11 is 0. The molecule has 136 valence electrons. The minimum Gasteiger partial charge on any atom is -0.436 e. The number of nitrogens with zero attached hydrogens (tertiary/aromatic N) is 4. The van der Waals surface area contributed by atoms with Crippen LogP contribution in [0, 0.1) is 11.7 Å². The SMILES string of the molecule is CC1CN(c2cc(Oc3ccccc3F)ncn2)CCN1C(=O)C1CC1. The van der Waals surface area contributed by atoms with Crippen molar-refractivity contribution in [2.24, 2.45) is 5.92 Å². The van der Waals surface area contributed by atoms with E-state index in [1.165, 1.54) is 12.4 Å². The number of rotatable bonds is 4. The Hall–Kier alpha value is -2.70. The van der Waals surface area contributed by atoms with E-state index in [-0.39, 0.29) is 23.6 Å². The molecule has 7 heteroatoms. The summed E-state index contributed by atoms with van der Waals surface area (Å²) in [5, 5.41) is 0. The van der Waals surface area contributed by atoms with Crippen LogP contribution in [0.15, 0.2) is 36.7 Å². The van der Waals surface area contributed by atoms with Crippen molar-refractivity contribution in [3.63, 3.8) is 0 Å². The van der Waals surface area contributed by atoms with Gasteiger partial charge in [-0.2, -0.15) is 0 Å².